The summed E-state index contributed by atoms with van der Waals surface area (Å²) in [6, 6.07) is 4.85. The summed E-state index contributed by atoms with van der Waals surface area (Å²) in [5.41, 5.74) is -0.0463. The summed E-state index contributed by atoms with van der Waals surface area (Å²) in [5, 5.41) is 9.13. The fourth-order valence-electron chi connectivity index (χ4n) is 2.08. The van der Waals surface area contributed by atoms with Crippen molar-refractivity contribution in [2.75, 3.05) is 0 Å². The number of hydrogen-bond acceptors (Lipinski definition) is 3. The first kappa shape index (κ1) is 20.1. The number of esters is 1. The van der Waals surface area contributed by atoms with Gasteiger partial charge in [-0.05, 0) is 43.2 Å². The molecular formula is C18H23F3O3. The second-order valence-electron chi connectivity index (χ2n) is 5.55. The first-order chi connectivity index (χ1) is 11.3. The van der Waals surface area contributed by atoms with Crippen LogP contribution in [-0.2, 0) is 4.74 Å². The number of unbranched alkanes of at least 4 members (excludes halogenated alkanes) is 5. The van der Waals surface area contributed by atoms with Crippen molar-refractivity contribution in [2.45, 2.75) is 57.7 Å². The van der Waals surface area contributed by atoms with Gasteiger partial charge in [-0.3, -0.25) is 0 Å². The predicted molar refractivity (Wildman–Crippen MR) is 85.9 cm³/mol. The number of carbonyl (C=O) groups excluding carboxylic acids is 1. The predicted octanol–water partition coefficient (Wildman–Crippen LogP) is 5.40. The molecule has 0 aliphatic carbocycles. The van der Waals surface area contributed by atoms with E-state index in [2.05, 4.69) is 11.7 Å². The van der Waals surface area contributed by atoms with Gasteiger partial charge in [0.1, 0.15) is 5.75 Å². The average Bonchev–Trinajstić information content (AvgIpc) is 2.52. The topological polar surface area (TPSA) is 46.5 Å². The third kappa shape index (κ3) is 7.53. The maximum Gasteiger partial charge on any atom is 0.429 e. The van der Waals surface area contributed by atoms with Gasteiger partial charge < -0.3 is 9.84 Å². The van der Waals surface area contributed by atoms with Crippen molar-refractivity contribution in [1.29, 1.82) is 0 Å². The normalized spacial score (nSPS) is 13.2. The van der Waals surface area contributed by atoms with Crippen molar-refractivity contribution >= 4 is 5.97 Å². The zero-order valence-corrected chi connectivity index (χ0v) is 13.7. The van der Waals surface area contributed by atoms with Gasteiger partial charge in [-0.2, -0.15) is 13.2 Å². The van der Waals surface area contributed by atoms with E-state index in [9.17, 15) is 18.0 Å². The molecule has 0 saturated carbocycles. The first-order valence-electron chi connectivity index (χ1n) is 8.08. The molecule has 1 N–H and O–H groups in total. The van der Waals surface area contributed by atoms with Gasteiger partial charge in [-0.1, -0.05) is 38.7 Å². The number of allylic oxidation sites excluding steroid dienone is 1. The van der Waals surface area contributed by atoms with E-state index in [1.54, 1.807) is 0 Å². The number of phenolic OH excluding ortho intramolecular Hbond substituents is 1. The smallest absolute Gasteiger partial charge is 0.429 e. The molecule has 1 rings (SSSR count). The van der Waals surface area contributed by atoms with Crippen LogP contribution in [0.1, 0.15) is 55.8 Å². The van der Waals surface area contributed by atoms with Crippen LogP contribution in [0.4, 0.5) is 13.2 Å². The molecule has 0 aliphatic heterocycles. The number of carbonyl (C=O) groups is 1. The lowest BCUT2D eigenvalue weighted by molar-refractivity contribution is -0.189. The summed E-state index contributed by atoms with van der Waals surface area (Å²) >= 11 is 0. The molecule has 0 heterocycles. The van der Waals surface area contributed by atoms with Gasteiger partial charge in [0.05, 0.1) is 5.56 Å². The fraction of sp³-hybridized carbons (Fsp3) is 0.500. The molecule has 0 aliphatic rings. The summed E-state index contributed by atoms with van der Waals surface area (Å²) in [6.45, 7) is 2.09. The number of alkyl halides is 3. The quantitative estimate of drug-likeness (QED) is 0.371. The van der Waals surface area contributed by atoms with Crippen molar-refractivity contribution in [3.8, 4) is 5.75 Å². The van der Waals surface area contributed by atoms with Crippen molar-refractivity contribution in [2.24, 2.45) is 0 Å². The van der Waals surface area contributed by atoms with Gasteiger partial charge >= 0.3 is 12.1 Å². The number of phenols is 1. The second kappa shape index (κ2) is 10.0. The standard InChI is InChI=1S/C18H23F3O3/c1-2-3-4-5-6-7-8-9-16(18(19,20)21)24-17(23)14-10-12-15(22)13-11-14/h8-13,16,22H,2-7H2,1H3/b9-8+. The molecule has 1 atom stereocenters. The molecule has 0 amide bonds. The van der Waals surface area contributed by atoms with E-state index >= 15 is 0 Å². The van der Waals surface area contributed by atoms with Crippen molar-refractivity contribution in [3.05, 3.63) is 42.0 Å². The van der Waals surface area contributed by atoms with Gasteiger partial charge in [0.25, 0.3) is 0 Å². The number of benzene rings is 1. The Bertz CT molecular complexity index is 521. The molecule has 0 spiro atoms. The number of ether oxygens (including phenoxy) is 1. The number of hydrogen-bond donors (Lipinski definition) is 1. The molecule has 0 fully saturated rings. The average molecular weight is 344 g/mol. The first-order valence-corrected chi connectivity index (χ1v) is 8.08. The highest BCUT2D eigenvalue weighted by molar-refractivity contribution is 5.89. The van der Waals surface area contributed by atoms with E-state index in [-0.39, 0.29) is 11.3 Å². The lowest BCUT2D eigenvalue weighted by atomic mass is 10.1. The van der Waals surface area contributed by atoms with Crippen LogP contribution >= 0.6 is 0 Å². The van der Waals surface area contributed by atoms with Crippen LogP contribution in [0.3, 0.4) is 0 Å². The summed E-state index contributed by atoms with van der Waals surface area (Å²) in [6.07, 6.45) is 0.982. The van der Waals surface area contributed by atoms with Crippen LogP contribution in [0.5, 0.6) is 5.75 Å². The minimum absolute atomic E-state index is 0.0463. The van der Waals surface area contributed by atoms with Crippen LogP contribution < -0.4 is 0 Å². The van der Waals surface area contributed by atoms with E-state index in [1.165, 1.54) is 30.3 Å². The van der Waals surface area contributed by atoms with Crippen LogP contribution in [0.25, 0.3) is 0 Å². The maximum absolute atomic E-state index is 13.0. The third-order valence-electron chi connectivity index (χ3n) is 3.44. The monoisotopic (exact) mass is 344 g/mol. The Kier molecular flexibility index (Phi) is 8.36. The molecular weight excluding hydrogens is 321 g/mol. The lowest BCUT2D eigenvalue weighted by Gasteiger charge is -2.17. The molecule has 1 unspecified atom stereocenters. The van der Waals surface area contributed by atoms with Gasteiger partial charge in [0.2, 0.25) is 6.10 Å². The van der Waals surface area contributed by atoms with Gasteiger partial charge in [-0.25, -0.2) is 4.79 Å². The highest BCUT2D eigenvalue weighted by atomic mass is 19.4. The number of aromatic hydroxyl groups is 1. The second-order valence-corrected chi connectivity index (χ2v) is 5.55. The molecule has 0 saturated heterocycles. The molecule has 1 aromatic rings. The minimum atomic E-state index is -4.66. The highest BCUT2D eigenvalue weighted by Gasteiger charge is 2.41. The molecule has 1 aromatic carbocycles. The molecule has 134 valence electrons. The van der Waals surface area contributed by atoms with E-state index in [1.807, 2.05) is 0 Å². The highest BCUT2D eigenvalue weighted by Crippen LogP contribution is 2.25. The Hall–Kier alpha value is -1.98. The van der Waals surface area contributed by atoms with E-state index in [4.69, 9.17) is 5.11 Å². The van der Waals surface area contributed by atoms with Crippen molar-refractivity contribution < 1.29 is 27.8 Å². The van der Waals surface area contributed by atoms with E-state index in [0.29, 0.717) is 6.42 Å². The Morgan fingerprint density at radius 3 is 2.38 bits per heavy atom. The molecule has 0 bridgehead atoms. The van der Waals surface area contributed by atoms with Gasteiger partial charge in [0.15, 0.2) is 0 Å². The van der Waals surface area contributed by atoms with Gasteiger partial charge in [0, 0.05) is 0 Å². The van der Waals surface area contributed by atoms with Crippen LogP contribution in [-0.4, -0.2) is 23.4 Å². The number of rotatable bonds is 9. The molecule has 24 heavy (non-hydrogen) atoms. The molecule has 0 radical (unpaired) electrons. The lowest BCUT2D eigenvalue weighted by Crippen LogP contribution is -2.32. The van der Waals surface area contributed by atoms with E-state index < -0.39 is 18.2 Å². The Morgan fingerprint density at radius 2 is 1.79 bits per heavy atom. The van der Waals surface area contributed by atoms with Crippen LogP contribution in [0.2, 0.25) is 0 Å². The van der Waals surface area contributed by atoms with Crippen LogP contribution in [0.15, 0.2) is 36.4 Å². The van der Waals surface area contributed by atoms with Gasteiger partial charge in [-0.15, -0.1) is 0 Å². The molecule has 3 nitrogen and oxygen atoms in total. The third-order valence-corrected chi connectivity index (χ3v) is 3.44. The van der Waals surface area contributed by atoms with Crippen molar-refractivity contribution in [1.82, 2.24) is 0 Å². The Labute approximate surface area is 140 Å². The fourth-order valence-corrected chi connectivity index (χ4v) is 2.08. The van der Waals surface area contributed by atoms with Crippen LogP contribution in [0, 0.1) is 0 Å². The summed E-state index contributed by atoms with van der Waals surface area (Å²) in [7, 11) is 0. The Morgan fingerprint density at radius 1 is 1.17 bits per heavy atom. The summed E-state index contributed by atoms with van der Waals surface area (Å²) in [5.74, 6) is -1.16. The summed E-state index contributed by atoms with van der Waals surface area (Å²) < 4.78 is 43.5. The maximum atomic E-state index is 13.0. The number of halogens is 3. The summed E-state index contributed by atoms with van der Waals surface area (Å²) in [4.78, 5) is 11.8. The largest absolute Gasteiger partial charge is 0.508 e. The molecule has 0 aromatic heterocycles. The zero-order chi connectivity index (χ0) is 18.0. The van der Waals surface area contributed by atoms with Crippen molar-refractivity contribution in [3.63, 3.8) is 0 Å². The molecule has 6 heteroatoms. The minimum Gasteiger partial charge on any atom is -0.508 e. The Balaban J connectivity index is 2.56. The van der Waals surface area contributed by atoms with E-state index in [0.717, 1.165) is 38.2 Å². The SMILES string of the molecule is CCCCCCC/C=C/C(OC(=O)c1ccc(O)cc1)C(F)(F)F. The zero-order valence-electron chi connectivity index (χ0n) is 13.7.